The molecule has 0 spiro atoms. The monoisotopic (exact) mass is 831 g/mol. The number of hydrogen-bond acceptors (Lipinski definition) is 8. The standard InChI is InChI=1S/C25H23FN4O2.C23H20FN5O/c1-30(23-13-16(5-10-21(23)26)25(31)28-18-6-7-18)19-11-17-12-22(29-24(17)27-14-19)15-3-8-20(32-2)9-4-15;1-29(21-12-14(5-8-18(21)24)23(30)27-16-6-7-16)17-10-15-11-20(28-22(15)26-13-17)19-4-2-3-9-25-19/h3-5,8-14,18H,6-7H2,1-2H3,(H,27,29)(H,28,31);2-5,8-13,16H,6-7H2,1H3,(H,26,28)(H,27,30). The zero-order chi connectivity index (χ0) is 42.9. The third-order valence-corrected chi connectivity index (χ3v) is 11.0. The molecule has 0 bridgehead atoms. The number of anilines is 4. The van der Waals surface area contributed by atoms with Crippen LogP contribution in [0, 0.1) is 11.6 Å². The molecule has 2 aliphatic rings. The first-order valence-electron chi connectivity index (χ1n) is 20.3. The van der Waals surface area contributed by atoms with Gasteiger partial charge in [0.25, 0.3) is 11.8 Å². The smallest absolute Gasteiger partial charge is 0.251 e. The number of aromatic nitrogens is 5. The second-order valence-electron chi connectivity index (χ2n) is 15.5. The number of methoxy groups -OCH3 is 1. The lowest BCUT2D eigenvalue weighted by Gasteiger charge is -2.20. The molecule has 14 heteroatoms. The van der Waals surface area contributed by atoms with E-state index in [0.717, 1.165) is 81.8 Å². The molecule has 0 radical (unpaired) electrons. The predicted octanol–water partition coefficient (Wildman–Crippen LogP) is 9.46. The third-order valence-electron chi connectivity index (χ3n) is 11.0. The van der Waals surface area contributed by atoms with E-state index in [-0.39, 0.29) is 23.9 Å². The van der Waals surface area contributed by atoms with Crippen LogP contribution in [0.1, 0.15) is 46.4 Å². The van der Waals surface area contributed by atoms with Crippen molar-refractivity contribution in [3.63, 3.8) is 0 Å². The van der Waals surface area contributed by atoms with Gasteiger partial charge in [-0.15, -0.1) is 0 Å². The molecule has 5 aromatic heterocycles. The van der Waals surface area contributed by atoms with Gasteiger partial charge in [0.2, 0.25) is 0 Å². The Morgan fingerprint density at radius 1 is 0.645 bits per heavy atom. The molecule has 3 aromatic carbocycles. The second kappa shape index (κ2) is 16.8. The fraction of sp³-hybridized carbons (Fsp3) is 0.188. The van der Waals surface area contributed by atoms with Crippen LogP contribution >= 0.6 is 0 Å². The highest BCUT2D eigenvalue weighted by molar-refractivity contribution is 5.97. The van der Waals surface area contributed by atoms with Crippen LogP contribution in [0.3, 0.4) is 0 Å². The summed E-state index contributed by atoms with van der Waals surface area (Å²) in [4.78, 5) is 48.1. The van der Waals surface area contributed by atoms with Gasteiger partial charge < -0.3 is 35.1 Å². The van der Waals surface area contributed by atoms with Crippen LogP contribution in [0.15, 0.2) is 122 Å². The van der Waals surface area contributed by atoms with E-state index < -0.39 is 11.6 Å². The number of H-pyrrole nitrogens is 2. The van der Waals surface area contributed by atoms with Crippen molar-refractivity contribution in [3.05, 3.63) is 144 Å². The summed E-state index contributed by atoms with van der Waals surface area (Å²) in [6.45, 7) is 0. The number of nitrogens with zero attached hydrogens (tertiary/aromatic N) is 5. The highest BCUT2D eigenvalue weighted by Crippen LogP contribution is 2.33. The Kier molecular flexibility index (Phi) is 10.8. The van der Waals surface area contributed by atoms with Crippen molar-refractivity contribution in [3.8, 4) is 28.4 Å². The predicted molar refractivity (Wildman–Crippen MR) is 237 cm³/mol. The molecule has 4 N–H and O–H groups in total. The molecular formula is C48H43F2N9O3. The number of carbonyl (C=O) groups excluding carboxylic acids is 2. The van der Waals surface area contributed by atoms with E-state index in [9.17, 15) is 18.4 Å². The van der Waals surface area contributed by atoms with Crippen molar-refractivity contribution in [2.45, 2.75) is 37.8 Å². The van der Waals surface area contributed by atoms with E-state index in [1.807, 2.05) is 66.7 Å². The van der Waals surface area contributed by atoms with Crippen LogP contribution < -0.4 is 25.2 Å². The van der Waals surface area contributed by atoms with Gasteiger partial charge in [-0.3, -0.25) is 14.6 Å². The molecule has 0 atom stereocenters. The summed E-state index contributed by atoms with van der Waals surface area (Å²) in [5, 5.41) is 7.67. The lowest BCUT2D eigenvalue weighted by molar-refractivity contribution is 0.0942. The molecule has 62 heavy (non-hydrogen) atoms. The fourth-order valence-corrected chi connectivity index (χ4v) is 7.05. The van der Waals surface area contributed by atoms with Crippen LogP contribution in [-0.2, 0) is 0 Å². The second-order valence-corrected chi connectivity index (χ2v) is 15.5. The fourth-order valence-electron chi connectivity index (χ4n) is 7.05. The molecule has 10 rings (SSSR count). The lowest BCUT2D eigenvalue weighted by Crippen LogP contribution is -2.25. The Labute approximate surface area is 356 Å². The van der Waals surface area contributed by atoms with Crippen LogP contribution in [0.2, 0.25) is 0 Å². The van der Waals surface area contributed by atoms with Crippen molar-refractivity contribution in [2.75, 3.05) is 31.0 Å². The molecule has 12 nitrogen and oxygen atoms in total. The SMILES string of the molecule is CN(c1cnc2[nH]c(-c3ccccn3)cc2c1)c1cc(C(=O)NC2CC2)ccc1F.COc1ccc(-c2cc3cc(N(C)c4cc(C(=O)NC5CC5)ccc4F)cnc3[nH]2)cc1. The number of carbonyl (C=O) groups is 2. The summed E-state index contributed by atoms with van der Waals surface area (Å²) < 4.78 is 34.4. The summed E-state index contributed by atoms with van der Waals surface area (Å²) in [5.74, 6) is -0.355. The van der Waals surface area contributed by atoms with Crippen LogP contribution in [0.25, 0.3) is 44.7 Å². The summed E-state index contributed by atoms with van der Waals surface area (Å²) in [5.41, 5.74) is 8.06. The van der Waals surface area contributed by atoms with Crippen LogP contribution in [0.5, 0.6) is 5.75 Å². The first kappa shape index (κ1) is 39.8. The summed E-state index contributed by atoms with van der Waals surface area (Å²) in [7, 11) is 5.16. The number of nitrogens with one attached hydrogen (secondary N) is 4. The zero-order valence-electron chi connectivity index (χ0n) is 34.2. The quantitative estimate of drug-likeness (QED) is 0.101. The summed E-state index contributed by atoms with van der Waals surface area (Å²) >= 11 is 0. The molecule has 8 aromatic rings. The molecule has 2 saturated carbocycles. The molecule has 0 aliphatic heterocycles. The average molecular weight is 832 g/mol. The molecule has 2 fully saturated rings. The Morgan fingerprint density at radius 2 is 1.16 bits per heavy atom. The normalized spacial score (nSPS) is 13.3. The molecule has 0 saturated heterocycles. The summed E-state index contributed by atoms with van der Waals surface area (Å²) in [6.07, 6.45) is 9.11. The first-order valence-corrected chi connectivity index (χ1v) is 20.3. The maximum absolute atomic E-state index is 14.6. The third kappa shape index (κ3) is 8.66. The number of fused-ring (bicyclic) bond motifs is 2. The van der Waals surface area contributed by atoms with Gasteiger partial charge in [-0.1, -0.05) is 6.07 Å². The topological polar surface area (TPSA) is 144 Å². The largest absolute Gasteiger partial charge is 0.497 e. The van der Waals surface area contributed by atoms with Crippen molar-refractivity contribution >= 4 is 56.6 Å². The summed E-state index contributed by atoms with van der Waals surface area (Å²) in [6, 6.07) is 30.7. The number of benzene rings is 3. The van der Waals surface area contributed by atoms with Gasteiger partial charge in [-0.25, -0.2) is 18.7 Å². The van der Waals surface area contributed by atoms with Crippen molar-refractivity contribution in [1.29, 1.82) is 0 Å². The number of hydrogen-bond donors (Lipinski definition) is 4. The van der Waals surface area contributed by atoms with E-state index >= 15 is 0 Å². The number of halogens is 2. The van der Waals surface area contributed by atoms with Gasteiger partial charge in [-0.2, -0.15) is 0 Å². The molecule has 312 valence electrons. The van der Waals surface area contributed by atoms with E-state index in [1.165, 1.54) is 24.3 Å². The molecule has 5 heterocycles. The average Bonchev–Trinajstić information content (AvgIpc) is 4.22. The van der Waals surface area contributed by atoms with Crippen molar-refractivity contribution in [2.24, 2.45) is 0 Å². The van der Waals surface area contributed by atoms with Gasteiger partial charge in [-0.05, 0) is 128 Å². The van der Waals surface area contributed by atoms with E-state index in [4.69, 9.17) is 4.74 Å². The number of amides is 2. The number of pyridine rings is 3. The van der Waals surface area contributed by atoms with Crippen LogP contribution in [-0.4, -0.2) is 70.0 Å². The number of aromatic amines is 2. The molecule has 0 unspecified atom stereocenters. The lowest BCUT2D eigenvalue weighted by atomic mass is 10.1. The Morgan fingerprint density at radius 3 is 1.65 bits per heavy atom. The van der Waals surface area contributed by atoms with Gasteiger partial charge in [0.1, 0.15) is 28.7 Å². The Hall–Kier alpha value is -7.61. The van der Waals surface area contributed by atoms with E-state index in [0.29, 0.717) is 28.2 Å². The van der Waals surface area contributed by atoms with Crippen LogP contribution in [0.4, 0.5) is 31.5 Å². The molecular weight excluding hydrogens is 789 g/mol. The molecule has 2 amide bonds. The Bertz CT molecular complexity index is 2930. The van der Waals surface area contributed by atoms with Gasteiger partial charge in [0, 0.05) is 60.0 Å². The van der Waals surface area contributed by atoms with Crippen molar-refractivity contribution in [1.82, 2.24) is 35.6 Å². The van der Waals surface area contributed by atoms with E-state index in [2.05, 4.69) is 35.6 Å². The highest BCUT2D eigenvalue weighted by Gasteiger charge is 2.26. The van der Waals surface area contributed by atoms with Gasteiger partial charge in [0.15, 0.2) is 0 Å². The van der Waals surface area contributed by atoms with Gasteiger partial charge in [0.05, 0.1) is 53.6 Å². The molecule has 2 aliphatic carbocycles. The number of rotatable bonds is 11. The number of ether oxygens (including phenoxy) is 1. The first-order chi connectivity index (χ1) is 30.1. The highest BCUT2D eigenvalue weighted by atomic mass is 19.1. The van der Waals surface area contributed by atoms with Crippen molar-refractivity contribution < 1.29 is 23.1 Å². The maximum Gasteiger partial charge on any atom is 0.251 e. The zero-order valence-corrected chi connectivity index (χ0v) is 34.2. The van der Waals surface area contributed by atoms with Gasteiger partial charge >= 0.3 is 0 Å². The minimum atomic E-state index is -0.399. The Balaban J connectivity index is 0.000000158. The van der Waals surface area contributed by atoms with E-state index in [1.54, 1.807) is 61.7 Å². The minimum absolute atomic E-state index is 0.175. The maximum atomic E-state index is 14.6. The minimum Gasteiger partial charge on any atom is -0.497 e.